The van der Waals surface area contributed by atoms with Crippen molar-refractivity contribution in [1.29, 1.82) is 0 Å². The van der Waals surface area contributed by atoms with E-state index in [-0.39, 0.29) is 48.0 Å². The lowest BCUT2D eigenvalue weighted by atomic mass is 9.88. The highest BCUT2D eigenvalue weighted by atomic mass is 32.2. The number of esters is 2. The van der Waals surface area contributed by atoms with Crippen LogP contribution in [0.3, 0.4) is 0 Å². The van der Waals surface area contributed by atoms with Gasteiger partial charge in [-0.2, -0.15) is 0 Å². The van der Waals surface area contributed by atoms with E-state index in [4.69, 9.17) is 20.0 Å². The maximum Gasteiger partial charge on any atom is 0.318 e. The van der Waals surface area contributed by atoms with Gasteiger partial charge in [-0.05, 0) is 0 Å². The average Bonchev–Trinajstić information content (AvgIpc) is 3.23. The molecule has 0 aliphatic carbocycles. The molecule has 0 radical (unpaired) electrons. The lowest BCUT2D eigenvalue weighted by Crippen LogP contribution is -2.74. The third kappa shape index (κ3) is 5.11. The van der Waals surface area contributed by atoms with Gasteiger partial charge in [-0.3, -0.25) is 19.2 Å². The Morgan fingerprint density at radius 3 is 2.82 bits per heavy atom. The van der Waals surface area contributed by atoms with Gasteiger partial charge in [-0.15, -0.1) is 23.1 Å². The summed E-state index contributed by atoms with van der Waals surface area (Å²) in [7, 11) is 1.28. The SMILES string of the molecule is C=CCOC(=O)C1(COC(C)=O)CS[C@@H]2C(NC(=O)C(=NOC)c3csc(N)n3)C(=O)N2C1. The van der Waals surface area contributed by atoms with E-state index in [2.05, 4.69) is 22.0 Å². The van der Waals surface area contributed by atoms with Crippen LogP contribution in [0.2, 0.25) is 0 Å². The van der Waals surface area contributed by atoms with Crippen molar-refractivity contribution in [3.63, 3.8) is 0 Å². The van der Waals surface area contributed by atoms with Gasteiger partial charge in [-0.25, -0.2) is 4.98 Å². The molecule has 0 spiro atoms. The van der Waals surface area contributed by atoms with Crippen LogP contribution in [-0.4, -0.2) is 83.4 Å². The molecule has 2 amide bonds. The largest absolute Gasteiger partial charge is 0.465 e. The number of ether oxygens (including phenoxy) is 2. The second-order valence-corrected chi connectivity index (χ2v) is 9.25. The lowest BCUT2D eigenvalue weighted by molar-refractivity contribution is -0.168. The standard InChI is InChI=1S/C19H23N5O7S2/c1-4-5-30-17(28)19(8-31-10(2)25)7-24-15(27)13(16(24)33-9-19)22-14(26)12(23-29-3)11-6-32-18(20)21-11/h4,6,13,16H,1,5,7-9H2,2-3H3,(H2,20,21)(H,22,26)/t13?,16-,19?/m1/s1. The minimum Gasteiger partial charge on any atom is -0.465 e. The number of amides is 2. The molecule has 0 aromatic carbocycles. The lowest BCUT2D eigenvalue weighted by Gasteiger charge is -2.53. The quantitative estimate of drug-likeness (QED) is 0.153. The van der Waals surface area contributed by atoms with Gasteiger partial charge < -0.3 is 30.3 Å². The average molecular weight is 498 g/mol. The van der Waals surface area contributed by atoms with E-state index in [1.807, 2.05) is 0 Å². The molecule has 0 saturated carbocycles. The fourth-order valence-corrected chi connectivity index (χ4v) is 5.39. The van der Waals surface area contributed by atoms with E-state index < -0.39 is 34.7 Å². The molecule has 33 heavy (non-hydrogen) atoms. The molecule has 178 valence electrons. The number of nitrogen functional groups attached to an aromatic ring is 1. The predicted molar refractivity (Wildman–Crippen MR) is 120 cm³/mol. The van der Waals surface area contributed by atoms with Crippen LogP contribution in [0.1, 0.15) is 12.6 Å². The van der Waals surface area contributed by atoms with E-state index in [1.165, 1.54) is 36.8 Å². The molecular weight excluding hydrogens is 474 g/mol. The molecule has 0 bridgehead atoms. The van der Waals surface area contributed by atoms with Crippen molar-refractivity contribution in [2.75, 3.05) is 38.4 Å². The second kappa shape index (κ2) is 10.2. The molecule has 2 saturated heterocycles. The number of hydrogen-bond donors (Lipinski definition) is 2. The molecule has 3 atom stereocenters. The summed E-state index contributed by atoms with van der Waals surface area (Å²) in [6, 6.07) is -0.837. The molecule has 2 aliphatic heterocycles. The molecule has 1 aromatic rings. The Bertz CT molecular complexity index is 997. The van der Waals surface area contributed by atoms with Crippen molar-refractivity contribution in [2.24, 2.45) is 10.6 Å². The van der Waals surface area contributed by atoms with Gasteiger partial charge in [0.1, 0.15) is 42.8 Å². The smallest absolute Gasteiger partial charge is 0.318 e. The number of carbonyl (C=O) groups is 4. The van der Waals surface area contributed by atoms with Gasteiger partial charge in [-0.1, -0.05) is 17.8 Å². The zero-order valence-electron chi connectivity index (χ0n) is 17.9. The first-order valence-corrected chi connectivity index (χ1v) is 11.6. The van der Waals surface area contributed by atoms with Crippen LogP contribution < -0.4 is 11.1 Å². The number of thioether (sulfide) groups is 1. The molecular formula is C19H23N5O7S2. The summed E-state index contributed by atoms with van der Waals surface area (Å²) in [6.07, 6.45) is 1.42. The number of nitrogens with zero attached hydrogens (tertiary/aromatic N) is 3. The molecule has 2 aliphatic rings. The Kier molecular flexibility index (Phi) is 7.58. The molecule has 3 N–H and O–H groups in total. The number of nitrogens with two attached hydrogens (primary N) is 1. The van der Waals surface area contributed by atoms with Crippen LogP contribution in [-0.2, 0) is 33.5 Å². The maximum atomic E-state index is 12.8. The number of oxime groups is 1. The van der Waals surface area contributed by atoms with Crippen LogP contribution in [0, 0.1) is 5.41 Å². The Balaban J connectivity index is 1.71. The highest BCUT2D eigenvalue weighted by Gasteiger charge is 2.58. The number of thiazole rings is 1. The molecule has 3 rings (SSSR count). The summed E-state index contributed by atoms with van der Waals surface area (Å²) >= 11 is 2.41. The Morgan fingerprint density at radius 2 is 2.21 bits per heavy atom. The van der Waals surface area contributed by atoms with Gasteiger partial charge in [0.15, 0.2) is 10.8 Å². The van der Waals surface area contributed by atoms with Crippen LogP contribution in [0.4, 0.5) is 5.13 Å². The van der Waals surface area contributed by atoms with Gasteiger partial charge in [0, 0.05) is 24.6 Å². The molecule has 14 heteroatoms. The van der Waals surface area contributed by atoms with E-state index in [1.54, 1.807) is 5.38 Å². The topological polar surface area (TPSA) is 163 Å². The van der Waals surface area contributed by atoms with Gasteiger partial charge in [0.2, 0.25) is 5.91 Å². The monoisotopic (exact) mass is 497 g/mol. The van der Waals surface area contributed by atoms with Crippen LogP contribution in [0.25, 0.3) is 0 Å². The zero-order chi connectivity index (χ0) is 24.2. The number of β-lactam (4-membered cyclic amide) rings is 1. The number of fused-ring (bicyclic) bond motifs is 1. The molecule has 2 unspecified atom stereocenters. The van der Waals surface area contributed by atoms with Gasteiger partial charge in [0.25, 0.3) is 5.91 Å². The first-order chi connectivity index (χ1) is 15.7. The third-order valence-corrected chi connectivity index (χ3v) is 7.17. The Hall–Kier alpha value is -3.13. The van der Waals surface area contributed by atoms with Crippen LogP contribution in [0.5, 0.6) is 0 Å². The number of hydrogen-bond acceptors (Lipinski definition) is 12. The van der Waals surface area contributed by atoms with E-state index in [9.17, 15) is 19.2 Å². The second-order valence-electron chi connectivity index (χ2n) is 7.26. The fourth-order valence-electron chi connectivity index (χ4n) is 3.33. The first kappa shape index (κ1) is 24.5. The van der Waals surface area contributed by atoms with Crippen molar-refractivity contribution < 1.29 is 33.5 Å². The van der Waals surface area contributed by atoms with Crippen molar-refractivity contribution in [3.8, 4) is 0 Å². The van der Waals surface area contributed by atoms with E-state index >= 15 is 0 Å². The Labute approximate surface area is 197 Å². The minimum absolute atomic E-state index is 0.00980. The fraction of sp³-hybridized carbons (Fsp3) is 0.474. The van der Waals surface area contributed by atoms with Crippen molar-refractivity contribution in [2.45, 2.75) is 18.3 Å². The zero-order valence-corrected chi connectivity index (χ0v) is 19.6. The number of rotatable bonds is 9. The summed E-state index contributed by atoms with van der Waals surface area (Å²) in [5, 5.41) is 7.74. The molecule has 1 aromatic heterocycles. The summed E-state index contributed by atoms with van der Waals surface area (Å²) in [5.41, 5.74) is 4.51. The van der Waals surface area contributed by atoms with Crippen molar-refractivity contribution in [3.05, 3.63) is 23.7 Å². The maximum absolute atomic E-state index is 12.8. The van der Waals surface area contributed by atoms with Crippen molar-refractivity contribution >= 4 is 57.7 Å². The first-order valence-electron chi connectivity index (χ1n) is 9.69. The molecule has 3 heterocycles. The summed E-state index contributed by atoms with van der Waals surface area (Å²) in [4.78, 5) is 59.9. The number of carbonyl (C=O) groups excluding carboxylic acids is 4. The van der Waals surface area contributed by atoms with E-state index in [0.29, 0.717) is 0 Å². The highest BCUT2D eigenvalue weighted by molar-refractivity contribution is 8.00. The summed E-state index contributed by atoms with van der Waals surface area (Å²) in [5.74, 6) is -1.96. The van der Waals surface area contributed by atoms with E-state index in [0.717, 1.165) is 11.3 Å². The van der Waals surface area contributed by atoms with Crippen LogP contribution in [0.15, 0.2) is 23.2 Å². The number of aromatic nitrogens is 1. The molecule has 2 fully saturated rings. The summed E-state index contributed by atoms with van der Waals surface area (Å²) in [6.45, 7) is 4.49. The molecule has 12 nitrogen and oxygen atoms in total. The number of nitrogens with one attached hydrogen (secondary N) is 1. The van der Waals surface area contributed by atoms with Crippen LogP contribution >= 0.6 is 23.1 Å². The third-order valence-electron chi connectivity index (χ3n) is 4.91. The highest BCUT2D eigenvalue weighted by Crippen LogP contribution is 2.43. The summed E-state index contributed by atoms with van der Waals surface area (Å²) < 4.78 is 10.3. The predicted octanol–water partition coefficient (Wildman–Crippen LogP) is -0.246. The van der Waals surface area contributed by atoms with Crippen molar-refractivity contribution in [1.82, 2.24) is 15.2 Å². The number of anilines is 1. The minimum atomic E-state index is -1.22. The normalized spacial score (nSPS) is 24.2. The van der Waals surface area contributed by atoms with Gasteiger partial charge >= 0.3 is 11.9 Å². The van der Waals surface area contributed by atoms with Gasteiger partial charge in [0.05, 0.1) is 0 Å². The Morgan fingerprint density at radius 1 is 1.45 bits per heavy atom.